The minimum atomic E-state index is -0.498. The second-order valence-corrected chi connectivity index (χ2v) is 6.49. The summed E-state index contributed by atoms with van der Waals surface area (Å²) in [5.74, 6) is -0.477. The van der Waals surface area contributed by atoms with E-state index in [-0.39, 0.29) is 11.5 Å². The molecule has 0 radical (unpaired) electrons. The summed E-state index contributed by atoms with van der Waals surface area (Å²) in [4.78, 5) is 25.9. The summed E-state index contributed by atoms with van der Waals surface area (Å²) < 4.78 is 5.12. The Morgan fingerprint density at radius 2 is 1.91 bits per heavy atom. The number of hydrogen-bond donors (Lipinski definition) is 2. The standard InChI is InChI=1S/C16H17ClN2O3S/c1-4-10-7-14(23-9(10)2)16(21)19-18-15(20)12-8-11(17)5-6-13(12)22-3/h5-8H,4H2,1-3H3,(H,18,20)(H,19,21). The normalized spacial score (nSPS) is 10.3. The van der Waals surface area contributed by atoms with E-state index in [9.17, 15) is 9.59 Å². The van der Waals surface area contributed by atoms with Crippen LogP contribution < -0.4 is 15.6 Å². The first kappa shape index (κ1) is 17.3. The van der Waals surface area contributed by atoms with Gasteiger partial charge in [0.15, 0.2) is 0 Å². The van der Waals surface area contributed by atoms with E-state index in [1.165, 1.54) is 24.5 Å². The number of hydrogen-bond acceptors (Lipinski definition) is 4. The Balaban J connectivity index is 2.06. The minimum Gasteiger partial charge on any atom is -0.496 e. The molecule has 7 heteroatoms. The number of carbonyl (C=O) groups excluding carboxylic acids is 2. The molecule has 0 bridgehead atoms. The number of carbonyl (C=O) groups is 2. The SMILES string of the molecule is CCc1cc(C(=O)NNC(=O)c2cc(Cl)ccc2OC)sc1C. The summed E-state index contributed by atoms with van der Waals surface area (Å²) in [6, 6.07) is 6.53. The number of aryl methyl sites for hydroxylation is 2. The van der Waals surface area contributed by atoms with Gasteiger partial charge in [-0.25, -0.2) is 0 Å². The van der Waals surface area contributed by atoms with Gasteiger partial charge < -0.3 is 4.74 Å². The van der Waals surface area contributed by atoms with Crippen LogP contribution in [-0.4, -0.2) is 18.9 Å². The molecular weight excluding hydrogens is 336 g/mol. The maximum atomic E-state index is 12.2. The van der Waals surface area contributed by atoms with Gasteiger partial charge in [0.2, 0.25) is 0 Å². The number of benzene rings is 1. The number of nitrogens with one attached hydrogen (secondary N) is 2. The molecule has 2 rings (SSSR count). The molecule has 23 heavy (non-hydrogen) atoms. The smallest absolute Gasteiger partial charge is 0.279 e. The molecule has 0 saturated heterocycles. The van der Waals surface area contributed by atoms with Gasteiger partial charge in [-0.1, -0.05) is 18.5 Å². The molecule has 1 aromatic heterocycles. The van der Waals surface area contributed by atoms with Crippen LogP contribution in [0.15, 0.2) is 24.3 Å². The van der Waals surface area contributed by atoms with Crippen molar-refractivity contribution in [2.24, 2.45) is 0 Å². The van der Waals surface area contributed by atoms with Gasteiger partial charge in [-0.3, -0.25) is 20.4 Å². The zero-order valence-electron chi connectivity index (χ0n) is 13.0. The van der Waals surface area contributed by atoms with Gasteiger partial charge >= 0.3 is 0 Å². The van der Waals surface area contributed by atoms with Crippen molar-refractivity contribution < 1.29 is 14.3 Å². The number of rotatable bonds is 4. The number of amides is 2. The molecule has 0 fully saturated rings. The van der Waals surface area contributed by atoms with Crippen molar-refractivity contribution in [1.82, 2.24) is 10.9 Å². The molecule has 5 nitrogen and oxygen atoms in total. The summed E-state index contributed by atoms with van der Waals surface area (Å²) in [7, 11) is 1.46. The van der Waals surface area contributed by atoms with Crippen molar-refractivity contribution >= 4 is 34.8 Å². The first-order valence-corrected chi connectivity index (χ1v) is 8.19. The summed E-state index contributed by atoms with van der Waals surface area (Å²) in [6.07, 6.45) is 0.863. The van der Waals surface area contributed by atoms with E-state index in [0.717, 1.165) is 16.9 Å². The van der Waals surface area contributed by atoms with Gasteiger partial charge in [0.1, 0.15) is 5.75 Å². The molecule has 0 aliphatic heterocycles. The van der Waals surface area contributed by atoms with Gasteiger partial charge in [-0.15, -0.1) is 11.3 Å². The van der Waals surface area contributed by atoms with Crippen molar-refractivity contribution in [3.63, 3.8) is 0 Å². The Labute approximate surface area is 143 Å². The molecule has 122 valence electrons. The molecule has 0 aliphatic rings. The molecule has 1 aromatic carbocycles. The fourth-order valence-corrected chi connectivity index (χ4v) is 3.26. The van der Waals surface area contributed by atoms with E-state index in [4.69, 9.17) is 16.3 Å². The zero-order valence-corrected chi connectivity index (χ0v) is 14.6. The first-order valence-electron chi connectivity index (χ1n) is 6.99. The van der Waals surface area contributed by atoms with Gasteiger partial charge in [0.05, 0.1) is 17.6 Å². The Hall–Kier alpha value is -2.05. The lowest BCUT2D eigenvalue weighted by Crippen LogP contribution is -2.41. The molecule has 0 aliphatic carbocycles. The number of methoxy groups -OCH3 is 1. The van der Waals surface area contributed by atoms with Crippen LogP contribution in [0.4, 0.5) is 0 Å². The predicted octanol–water partition coefficient (Wildman–Crippen LogP) is 3.36. The molecule has 1 heterocycles. The largest absolute Gasteiger partial charge is 0.496 e. The number of thiophene rings is 1. The highest BCUT2D eigenvalue weighted by atomic mass is 35.5. The minimum absolute atomic E-state index is 0.247. The third-order valence-corrected chi connectivity index (χ3v) is 4.65. The lowest BCUT2D eigenvalue weighted by molar-refractivity contribution is 0.0847. The summed E-state index contributed by atoms with van der Waals surface area (Å²) in [5, 5.41) is 0.406. The highest BCUT2D eigenvalue weighted by molar-refractivity contribution is 7.14. The van der Waals surface area contributed by atoms with Crippen LogP contribution in [0.3, 0.4) is 0 Å². The number of hydrazine groups is 1. The van der Waals surface area contributed by atoms with Crippen LogP contribution >= 0.6 is 22.9 Å². The van der Waals surface area contributed by atoms with E-state index in [1.54, 1.807) is 12.1 Å². The second kappa shape index (κ2) is 7.48. The monoisotopic (exact) mass is 352 g/mol. The van der Waals surface area contributed by atoms with E-state index in [1.807, 2.05) is 19.9 Å². The second-order valence-electron chi connectivity index (χ2n) is 4.80. The summed E-state index contributed by atoms with van der Waals surface area (Å²) in [6.45, 7) is 4.00. The molecule has 0 unspecified atom stereocenters. The molecule has 0 saturated carbocycles. The Kier molecular flexibility index (Phi) is 5.63. The zero-order chi connectivity index (χ0) is 17.0. The topological polar surface area (TPSA) is 67.4 Å². The van der Waals surface area contributed by atoms with Gasteiger partial charge in [-0.2, -0.15) is 0 Å². The van der Waals surface area contributed by atoms with Gasteiger partial charge in [0, 0.05) is 9.90 Å². The maximum Gasteiger partial charge on any atom is 0.279 e. The summed E-state index contributed by atoms with van der Waals surface area (Å²) in [5.41, 5.74) is 6.16. The van der Waals surface area contributed by atoms with E-state index in [2.05, 4.69) is 10.9 Å². The number of ether oxygens (including phenoxy) is 1. The molecule has 2 N–H and O–H groups in total. The molecular formula is C16H17ClN2O3S. The molecule has 0 atom stereocenters. The average Bonchev–Trinajstić information content (AvgIpc) is 2.93. The van der Waals surface area contributed by atoms with E-state index < -0.39 is 5.91 Å². The Bertz CT molecular complexity index is 743. The van der Waals surface area contributed by atoms with Crippen LogP contribution in [0.2, 0.25) is 5.02 Å². The Morgan fingerprint density at radius 1 is 1.22 bits per heavy atom. The lowest BCUT2D eigenvalue weighted by atomic mass is 10.2. The Morgan fingerprint density at radius 3 is 2.52 bits per heavy atom. The van der Waals surface area contributed by atoms with Crippen LogP contribution in [0.25, 0.3) is 0 Å². The van der Waals surface area contributed by atoms with Crippen LogP contribution in [0, 0.1) is 6.92 Å². The van der Waals surface area contributed by atoms with E-state index >= 15 is 0 Å². The summed E-state index contributed by atoms with van der Waals surface area (Å²) >= 11 is 7.29. The van der Waals surface area contributed by atoms with Crippen molar-refractivity contribution in [2.75, 3.05) is 7.11 Å². The fourth-order valence-electron chi connectivity index (χ4n) is 2.08. The maximum absolute atomic E-state index is 12.2. The van der Waals surface area contributed by atoms with E-state index in [0.29, 0.717) is 15.6 Å². The highest BCUT2D eigenvalue weighted by Gasteiger charge is 2.16. The highest BCUT2D eigenvalue weighted by Crippen LogP contribution is 2.23. The van der Waals surface area contributed by atoms with Crippen LogP contribution in [0.1, 0.15) is 37.4 Å². The van der Waals surface area contributed by atoms with Crippen molar-refractivity contribution in [2.45, 2.75) is 20.3 Å². The van der Waals surface area contributed by atoms with Crippen molar-refractivity contribution in [3.8, 4) is 5.75 Å². The van der Waals surface area contributed by atoms with Crippen molar-refractivity contribution in [3.05, 3.63) is 50.2 Å². The third-order valence-electron chi connectivity index (χ3n) is 3.32. The molecule has 2 amide bonds. The van der Waals surface area contributed by atoms with Crippen LogP contribution in [-0.2, 0) is 6.42 Å². The van der Waals surface area contributed by atoms with Crippen LogP contribution in [0.5, 0.6) is 5.75 Å². The average molecular weight is 353 g/mol. The van der Waals surface area contributed by atoms with Crippen molar-refractivity contribution in [1.29, 1.82) is 0 Å². The van der Waals surface area contributed by atoms with Gasteiger partial charge in [0.25, 0.3) is 11.8 Å². The fraction of sp³-hybridized carbons (Fsp3) is 0.250. The lowest BCUT2D eigenvalue weighted by Gasteiger charge is -2.10. The van der Waals surface area contributed by atoms with Gasteiger partial charge in [-0.05, 0) is 43.2 Å². The molecule has 2 aromatic rings. The first-order chi connectivity index (χ1) is 11.0. The number of halogens is 1. The molecule has 0 spiro atoms. The predicted molar refractivity (Wildman–Crippen MR) is 91.4 cm³/mol. The third kappa shape index (κ3) is 4.03. The quantitative estimate of drug-likeness (QED) is 0.829.